The molecule has 0 radical (unpaired) electrons. The van der Waals surface area contributed by atoms with Gasteiger partial charge in [0.25, 0.3) is 11.5 Å². The molecule has 1 heterocycles. The Balaban J connectivity index is 2.15. The lowest BCUT2D eigenvalue weighted by Gasteiger charge is -2.08. The number of hydrogen-bond acceptors (Lipinski definition) is 2. The molecule has 0 saturated heterocycles. The van der Waals surface area contributed by atoms with Crippen molar-refractivity contribution in [1.29, 1.82) is 0 Å². The number of amides is 1. The minimum absolute atomic E-state index is 0.170. The summed E-state index contributed by atoms with van der Waals surface area (Å²) in [5.74, 6) is -0.343. The molecule has 0 spiro atoms. The summed E-state index contributed by atoms with van der Waals surface area (Å²) in [4.78, 5) is 26.7. The van der Waals surface area contributed by atoms with E-state index in [1.807, 2.05) is 44.2 Å². The Hall–Kier alpha value is -2.36. The standard InChI is InChI=1S/C16H18N2O2/c1-3-13-9-14(16(20)18-11(13)2)15(19)17-10-12-7-5-4-6-8-12/h4-9H,3,10H2,1-2H3,(H,17,19)(H,18,20). The number of aryl methyl sites for hydroxylation is 2. The van der Waals surface area contributed by atoms with E-state index >= 15 is 0 Å². The third-order valence-electron chi connectivity index (χ3n) is 3.27. The highest BCUT2D eigenvalue weighted by molar-refractivity contribution is 5.93. The number of benzene rings is 1. The van der Waals surface area contributed by atoms with Crippen LogP contribution >= 0.6 is 0 Å². The minimum Gasteiger partial charge on any atom is -0.348 e. The lowest BCUT2D eigenvalue weighted by Crippen LogP contribution is -2.30. The SMILES string of the molecule is CCc1cc(C(=O)NCc2ccccc2)c(=O)[nH]c1C. The van der Waals surface area contributed by atoms with Crippen molar-refractivity contribution in [3.63, 3.8) is 0 Å². The predicted molar refractivity (Wildman–Crippen MR) is 78.8 cm³/mol. The summed E-state index contributed by atoms with van der Waals surface area (Å²) in [7, 11) is 0. The molecule has 0 unspecified atom stereocenters. The molecule has 4 heteroatoms. The van der Waals surface area contributed by atoms with Crippen LogP contribution in [0.25, 0.3) is 0 Å². The van der Waals surface area contributed by atoms with Gasteiger partial charge in [0, 0.05) is 12.2 Å². The van der Waals surface area contributed by atoms with Gasteiger partial charge < -0.3 is 10.3 Å². The van der Waals surface area contributed by atoms with E-state index in [1.54, 1.807) is 6.07 Å². The molecule has 0 saturated carbocycles. The number of nitrogens with one attached hydrogen (secondary N) is 2. The Morgan fingerprint density at radius 3 is 2.60 bits per heavy atom. The predicted octanol–water partition coefficient (Wildman–Crippen LogP) is 2.18. The molecule has 20 heavy (non-hydrogen) atoms. The second kappa shape index (κ2) is 6.19. The van der Waals surface area contributed by atoms with Gasteiger partial charge in [-0.3, -0.25) is 9.59 Å². The van der Waals surface area contributed by atoms with Gasteiger partial charge in [-0.15, -0.1) is 0 Å². The maximum Gasteiger partial charge on any atom is 0.261 e. The fraction of sp³-hybridized carbons (Fsp3) is 0.250. The van der Waals surface area contributed by atoms with E-state index in [-0.39, 0.29) is 17.0 Å². The van der Waals surface area contributed by atoms with Crippen LogP contribution in [0.2, 0.25) is 0 Å². The topological polar surface area (TPSA) is 62.0 Å². The summed E-state index contributed by atoms with van der Waals surface area (Å²) < 4.78 is 0. The van der Waals surface area contributed by atoms with Gasteiger partial charge >= 0.3 is 0 Å². The molecule has 0 bridgehead atoms. The number of rotatable bonds is 4. The van der Waals surface area contributed by atoms with Gasteiger partial charge in [0.15, 0.2) is 0 Å². The van der Waals surface area contributed by atoms with Crippen LogP contribution in [0.4, 0.5) is 0 Å². The van der Waals surface area contributed by atoms with E-state index in [0.717, 1.165) is 23.2 Å². The normalized spacial score (nSPS) is 10.3. The molecule has 0 aliphatic carbocycles. The Labute approximate surface area is 117 Å². The van der Waals surface area contributed by atoms with Crippen molar-refractivity contribution < 1.29 is 4.79 Å². The average Bonchev–Trinajstić information content (AvgIpc) is 2.46. The first-order valence-electron chi connectivity index (χ1n) is 6.66. The highest BCUT2D eigenvalue weighted by Gasteiger charge is 2.12. The minimum atomic E-state index is -0.343. The highest BCUT2D eigenvalue weighted by atomic mass is 16.2. The summed E-state index contributed by atoms with van der Waals surface area (Å²) in [6, 6.07) is 11.3. The van der Waals surface area contributed by atoms with Crippen LogP contribution < -0.4 is 10.9 Å². The molecule has 0 fully saturated rings. The fourth-order valence-electron chi connectivity index (χ4n) is 2.08. The zero-order chi connectivity index (χ0) is 14.5. The van der Waals surface area contributed by atoms with Crippen molar-refractivity contribution in [2.45, 2.75) is 26.8 Å². The maximum absolute atomic E-state index is 12.1. The van der Waals surface area contributed by atoms with Crippen LogP contribution in [0.1, 0.15) is 34.1 Å². The molecule has 2 rings (SSSR count). The van der Waals surface area contributed by atoms with Crippen LogP contribution in [0.5, 0.6) is 0 Å². The number of H-pyrrole nitrogens is 1. The summed E-state index contributed by atoms with van der Waals surface area (Å²) >= 11 is 0. The largest absolute Gasteiger partial charge is 0.348 e. The van der Waals surface area contributed by atoms with Crippen molar-refractivity contribution in [3.05, 3.63) is 69.1 Å². The molecular weight excluding hydrogens is 252 g/mol. The van der Waals surface area contributed by atoms with Gasteiger partial charge in [0.05, 0.1) is 0 Å². The fourth-order valence-corrected chi connectivity index (χ4v) is 2.08. The molecule has 1 aromatic carbocycles. The van der Waals surface area contributed by atoms with Crippen LogP contribution in [-0.2, 0) is 13.0 Å². The van der Waals surface area contributed by atoms with Crippen molar-refractivity contribution in [2.24, 2.45) is 0 Å². The zero-order valence-electron chi connectivity index (χ0n) is 11.7. The Morgan fingerprint density at radius 1 is 1.25 bits per heavy atom. The maximum atomic E-state index is 12.1. The number of aromatic nitrogens is 1. The van der Waals surface area contributed by atoms with Crippen molar-refractivity contribution in [3.8, 4) is 0 Å². The number of hydrogen-bond donors (Lipinski definition) is 2. The summed E-state index contributed by atoms with van der Waals surface area (Å²) in [5.41, 5.74) is 2.63. The molecular formula is C16H18N2O2. The lowest BCUT2D eigenvalue weighted by atomic mass is 10.1. The smallest absolute Gasteiger partial charge is 0.261 e. The highest BCUT2D eigenvalue weighted by Crippen LogP contribution is 2.06. The van der Waals surface area contributed by atoms with E-state index in [2.05, 4.69) is 10.3 Å². The van der Waals surface area contributed by atoms with Gasteiger partial charge in [0.1, 0.15) is 5.56 Å². The van der Waals surface area contributed by atoms with Gasteiger partial charge in [-0.05, 0) is 30.5 Å². The third kappa shape index (κ3) is 3.15. The number of carbonyl (C=O) groups excluding carboxylic acids is 1. The molecule has 104 valence electrons. The van der Waals surface area contributed by atoms with E-state index in [1.165, 1.54) is 0 Å². The zero-order valence-corrected chi connectivity index (χ0v) is 11.7. The van der Waals surface area contributed by atoms with Gasteiger partial charge in [-0.25, -0.2) is 0 Å². The third-order valence-corrected chi connectivity index (χ3v) is 3.27. The van der Waals surface area contributed by atoms with E-state index in [9.17, 15) is 9.59 Å². The Morgan fingerprint density at radius 2 is 1.95 bits per heavy atom. The molecule has 2 aromatic rings. The van der Waals surface area contributed by atoms with E-state index < -0.39 is 0 Å². The Kier molecular flexibility index (Phi) is 4.35. The second-order valence-electron chi connectivity index (χ2n) is 4.68. The molecule has 1 amide bonds. The molecule has 2 N–H and O–H groups in total. The van der Waals surface area contributed by atoms with Crippen LogP contribution in [0.15, 0.2) is 41.2 Å². The average molecular weight is 270 g/mol. The Bertz CT molecular complexity index is 660. The van der Waals surface area contributed by atoms with Crippen molar-refractivity contribution in [1.82, 2.24) is 10.3 Å². The molecule has 0 aliphatic heterocycles. The van der Waals surface area contributed by atoms with E-state index in [0.29, 0.717) is 6.54 Å². The number of carbonyl (C=O) groups is 1. The lowest BCUT2D eigenvalue weighted by molar-refractivity contribution is 0.0949. The molecule has 0 atom stereocenters. The first-order chi connectivity index (χ1) is 9.61. The van der Waals surface area contributed by atoms with Crippen molar-refractivity contribution in [2.75, 3.05) is 0 Å². The number of pyridine rings is 1. The molecule has 1 aromatic heterocycles. The van der Waals surface area contributed by atoms with Gasteiger partial charge in [-0.1, -0.05) is 37.3 Å². The monoisotopic (exact) mass is 270 g/mol. The summed E-state index contributed by atoms with van der Waals surface area (Å²) in [6.45, 7) is 4.24. The summed E-state index contributed by atoms with van der Waals surface area (Å²) in [5, 5.41) is 2.77. The van der Waals surface area contributed by atoms with Crippen LogP contribution in [-0.4, -0.2) is 10.9 Å². The van der Waals surface area contributed by atoms with Gasteiger partial charge in [-0.2, -0.15) is 0 Å². The molecule has 4 nitrogen and oxygen atoms in total. The van der Waals surface area contributed by atoms with E-state index in [4.69, 9.17) is 0 Å². The van der Waals surface area contributed by atoms with Crippen molar-refractivity contribution >= 4 is 5.91 Å². The van der Waals surface area contributed by atoms with Gasteiger partial charge in [0.2, 0.25) is 0 Å². The molecule has 0 aliphatic rings. The quantitative estimate of drug-likeness (QED) is 0.894. The van der Waals surface area contributed by atoms with Crippen LogP contribution in [0.3, 0.4) is 0 Å². The first kappa shape index (κ1) is 14.1. The first-order valence-corrected chi connectivity index (χ1v) is 6.66. The second-order valence-corrected chi connectivity index (χ2v) is 4.68. The number of aromatic amines is 1. The summed E-state index contributed by atoms with van der Waals surface area (Å²) in [6.07, 6.45) is 0.779. The van der Waals surface area contributed by atoms with Crippen LogP contribution in [0, 0.1) is 6.92 Å².